The van der Waals surface area contributed by atoms with Gasteiger partial charge in [-0.05, 0) is 0 Å². The summed E-state index contributed by atoms with van der Waals surface area (Å²) in [5, 5.41) is 83.8. The van der Waals surface area contributed by atoms with Crippen molar-refractivity contribution in [3.05, 3.63) is 0 Å². The van der Waals surface area contributed by atoms with Crippen molar-refractivity contribution >= 4 is 0 Å². The fraction of sp³-hybridized carbons (Fsp3) is 1.00. The molecule has 0 rings (SSSR count). The second-order valence-electron chi connectivity index (χ2n) is 0.589. The molecule has 0 amide bonds. The molecular formula is C5H10O10V2-10. The van der Waals surface area contributed by atoms with Gasteiger partial charge in [0.2, 0.25) is 0 Å². The summed E-state index contributed by atoms with van der Waals surface area (Å²) in [7, 11) is 0. The van der Waals surface area contributed by atoms with E-state index in [1.54, 1.807) is 0 Å². The van der Waals surface area contributed by atoms with E-state index in [4.69, 9.17) is 51.1 Å². The fourth-order valence-electron chi connectivity index (χ4n) is 0. The first-order chi connectivity index (χ1) is 7.07. The van der Waals surface area contributed by atoms with Gasteiger partial charge in [0.05, 0.1) is 0 Å². The maximum absolute atomic E-state index is 8.38. The van der Waals surface area contributed by atoms with Crippen LogP contribution >= 0.6 is 0 Å². The molecule has 0 bridgehead atoms. The molecule has 0 heterocycles. The van der Waals surface area contributed by atoms with E-state index in [1.807, 2.05) is 0 Å². The van der Waals surface area contributed by atoms with Crippen molar-refractivity contribution in [3.8, 4) is 0 Å². The van der Waals surface area contributed by atoms with Crippen molar-refractivity contribution in [2.24, 2.45) is 0 Å². The molecule has 10 nitrogen and oxygen atoms in total. The van der Waals surface area contributed by atoms with Gasteiger partial charge in [-0.3, -0.25) is 0 Å². The molecule has 0 aliphatic heterocycles. The summed E-state index contributed by atoms with van der Waals surface area (Å²) < 4.78 is 0. The Morgan fingerprint density at radius 2 is 0.294 bits per heavy atom. The molecule has 0 fully saturated rings. The SMILES string of the molecule is [O-]C[O-].[O-]C[O-].[O-]C[O-].[O-]C[O-].[O-]C[O-].[V].[V]. The minimum Gasteiger partial charge on any atom is -0.868 e. The normalized spacial score (nSPS) is 5.29. The summed E-state index contributed by atoms with van der Waals surface area (Å²) in [6.07, 6.45) is 0. The standard InChI is InChI=1S/5CH2O2.2V/c5*2-1-3;;/h5*1H2;;/q5*-2;;. The number of hydrogen-bond acceptors (Lipinski definition) is 10. The molecule has 0 N–H and O–H groups in total. The van der Waals surface area contributed by atoms with Crippen LogP contribution in [0.2, 0.25) is 0 Å². The Bertz CT molecular complexity index is 34.3. The van der Waals surface area contributed by atoms with Crippen molar-refractivity contribution in [3.63, 3.8) is 0 Å². The summed E-state index contributed by atoms with van der Waals surface area (Å²) in [6, 6.07) is 0. The van der Waals surface area contributed by atoms with Crippen LogP contribution in [0.15, 0.2) is 0 Å². The van der Waals surface area contributed by atoms with E-state index < -0.39 is 34.0 Å². The summed E-state index contributed by atoms with van der Waals surface area (Å²) >= 11 is 0. The molecule has 0 aromatic carbocycles. The van der Waals surface area contributed by atoms with Gasteiger partial charge in [-0.15, -0.1) is 0 Å². The summed E-state index contributed by atoms with van der Waals surface area (Å²) in [5.74, 6) is 0. The largest absolute Gasteiger partial charge is 0.868 e. The fourth-order valence-corrected chi connectivity index (χ4v) is 0. The zero-order chi connectivity index (χ0) is 13.5. The number of rotatable bonds is 0. The minimum atomic E-state index is -1.25. The van der Waals surface area contributed by atoms with Crippen molar-refractivity contribution in [1.82, 2.24) is 0 Å². The molecule has 17 heavy (non-hydrogen) atoms. The molecule has 0 aliphatic carbocycles. The second kappa shape index (κ2) is 125. The van der Waals surface area contributed by atoms with E-state index >= 15 is 0 Å². The number of hydrogen-bond donors (Lipinski definition) is 0. The maximum atomic E-state index is 8.38. The van der Waals surface area contributed by atoms with Gasteiger partial charge in [-0.1, -0.05) is 0 Å². The van der Waals surface area contributed by atoms with Gasteiger partial charge in [-0.2, -0.15) is 0 Å². The molecule has 0 unspecified atom stereocenters. The van der Waals surface area contributed by atoms with Crippen LogP contribution in [0, 0.1) is 0 Å². The first-order valence-corrected chi connectivity index (χ1v) is 2.89. The van der Waals surface area contributed by atoms with Gasteiger partial charge < -0.3 is 51.1 Å². The topological polar surface area (TPSA) is 231 Å². The van der Waals surface area contributed by atoms with Crippen molar-refractivity contribution < 1.29 is 88.2 Å². The van der Waals surface area contributed by atoms with Gasteiger partial charge in [0.15, 0.2) is 0 Å². The molecule has 0 saturated heterocycles. The Morgan fingerprint density at radius 3 is 0.294 bits per heavy atom. The minimum absolute atomic E-state index is 0. The van der Waals surface area contributed by atoms with Gasteiger partial charge in [-0.25, -0.2) is 34.0 Å². The van der Waals surface area contributed by atoms with E-state index in [0.717, 1.165) is 0 Å². The molecule has 0 aromatic heterocycles. The summed E-state index contributed by atoms with van der Waals surface area (Å²) in [5.41, 5.74) is 0. The van der Waals surface area contributed by atoms with Crippen molar-refractivity contribution in [2.45, 2.75) is 0 Å². The van der Waals surface area contributed by atoms with Crippen LogP contribution in [0.25, 0.3) is 0 Å². The van der Waals surface area contributed by atoms with Crippen LogP contribution in [0.1, 0.15) is 0 Å². The molecule has 110 valence electrons. The van der Waals surface area contributed by atoms with Gasteiger partial charge in [0.25, 0.3) is 0 Å². The van der Waals surface area contributed by atoms with Crippen LogP contribution in [0.3, 0.4) is 0 Å². The Labute approximate surface area is 122 Å². The first kappa shape index (κ1) is 43.1. The smallest absolute Gasteiger partial charge is 0 e. The van der Waals surface area contributed by atoms with E-state index in [9.17, 15) is 0 Å². The maximum Gasteiger partial charge on any atom is 0 e. The third-order valence-electron chi connectivity index (χ3n) is 0. The van der Waals surface area contributed by atoms with Crippen LogP contribution in [-0.4, -0.2) is 34.0 Å². The summed E-state index contributed by atoms with van der Waals surface area (Å²) in [4.78, 5) is 0. The van der Waals surface area contributed by atoms with E-state index in [2.05, 4.69) is 0 Å². The zero-order valence-corrected chi connectivity index (χ0v) is 11.3. The molecular weight excluding hydrogens is 322 g/mol. The molecule has 0 atom stereocenters. The third-order valence-corrected chi connectivity index (χ3v) is 0. The average molecular weight is 332 g/mol. The first-order valence-electron chi connectivity index (χ1n) is 2.89. The van der Waals surface area contributed by atoms with Gasteiger partial charge >= 0.3 is 0 Å². The molecule has 0 aliphatic rings. The quantitative estimate of drug-likeness (QED) is 0.380. The predicted octanol–water partition coefficient (Wildman–Crippen LogP) is -11.7. The van der Waals surface area contributed by atoms with Gasteiger partial charge in [0, 0.05) is 37.1 Å². The molecule has 0 saturated carbocycles. The van der Waals surface area contributed by atoms with Crippen LogP contribution in [0.4, 0.5) is 0 Å². The third kappa shape index (κ3) is 6190. The van der Waals surface area contributed by atoms with Crippen LogP contribution < -0.4 is 51.1 Å². The zero-order valence-electron chi connectivity index (χ0n) is 8.51. The average Bonchev–Trinajstić information content (AvgIpc) is 2.09. The Hall–Kier alpha value is 0.769. The van der Waals surface area contributed by atoms with Gasteiger partial charge in [0.1, 0.15) is 0 Å². The van der Waals surface area contributed by atoms with Crippen LogP contribution in [-0.2, 0) is 37.1 Å². The monoisotopic (exact) mass is 332 g/mol. The van der Waals surface area contributed by atoms with Crippen molar-refractivity contribution in [2.75, 3.05) is 34.0 Å². The second-order valence-corrected chi connectivity index (χ2v) is 0.589. The summed E-state index contributed by atoms with van der Waals surface area (Å²) in [6.45, 7) is -6.25. The van der Waals surface area contributed by atoms with E-state index in [-0.39, 0.29) is 37.1 Å². The van der Waals surface area contributed by atoms with Crippen LogP contribution in [0.5, 0.6) is 0 Å². The molecule has 0 aromatic rings. The molecule has 12 heteroatoms. The molecule has 0 spiro atoms. The predicted molar refractivity (Wildman–Crippen MR) is 24.3 cm³/mol. The molecule has 2 radical (unpaired) electrons. The Morgan fingerprint density at radius 1 is 0.294 bits per heavy atom. The van der Waals surface area contributed by atoms with E-state index in [1.165, 1.54) is 0 Å². The van der Waals surface area contributed by atoms with E-state index in [0.29, 0.717) is 0 Å². The van der Waals surface area contributed by atoms with Crippen molar-refractivity contribution in [1.29, 1.82) is 0 Å². The Balaban J connectivity index is -0.0000000143. The Kier molecular flexibility index (Phi) is 318.